The maximum atomic E-state index is 13.8. The molecular weight excluding hydrogens is 230 g/mol. The highest BCUT2D eigenvalue weighted by Crippen LogP contribution is 2.38. The number of hydrogen-bond acceptors (Lipinski definition) is 3. The summed E-state index contributed by atoms with van der Waals surface area (Å²) in [4.78, 5) is 0. The van der Waals surface area contributed by atoms with Gasteiger partial charge < -0.3 is 14.6 Å². The van der Waals surface area contributed by atoms with E-state index in [0.717, 1.165) is 6.07 Å². The average molecular weight is 244 g/mol. The molecular formula is C12H14F2O3. The van der Waals surface area contributed by atoms with Gasteiger partial charge in [0.25, 0.3) is 0 Å². The molecule has 17 heavy (non-hydrogen) atoms. The van der Waals surface area contributed by atoms with E-state index in [1.807, 2.05) is 0 Å². The second-order valence-electron chi connectivity index (χ2n) is 4.10. The SMILES string of the molecule is COC1(c2cc(O)cc(F)c2F)CCOCC1. The van der Waals surface area contributed by atoms with E-state index in [9.17, 15) is 13.9 Å². The highest BCUT2D eigenvalue weighted by atomic mass is 19.2. The molecule has 0 radical (unpaired) electrons. The van der Waals surface area contributed by atoms with Crippen LogP contribution in [0.3, 0.4) is 0 Å². The van der Waals surface area contributed by atoms with Crippen LogP contribution in [-0.2, 0) is 15.1 Å². The van der Waals surface area contributed by atoms with Crippen LogP contribution >= 0.6 is 0 Å². The quantitative estimate of drug-likeness (QED) is 0.867. The molecule has 1 aromatic carbocycles. The van der Waals surface area contributed by atoms with Crippen molar-refractivity contribution in [3.63, 3.8) is 0 Å². The van der Waals surface area contributed by atoms with E-state index in [0.29, 0.717) is 26.1 Å². The van der Waals surface area contributed by atoms with Gasteiger partial charge in [0, 0.05) is 44.8 Å². The van der Waals surface area contributed by atoms with Crippen LogP contribution in [0, 0.1) is 11.6 Å². The lowest BCUT2D eigenvalue weighted by Gasteiger charge is -2.36. The maximum absolute atomic E-state index is 13.8. The number of benzene rings is 1. The van der Waals surface area contributed by atoms with E-state index < -0.39 is 17.2 Å². The molecule has 94 valence electrons. The third-order valence-electron chi connectivity index (χ3n) is 3.20. The first-order valence-electron chi connectivity index (χ1n) is 5.40. The Morgan fingerprint density at radius 1 is 1.29 bits per heavy atom. The lowest BCUT2D eigenvalue weighted by molar-refractivity contribution is -0.0969. The monoisotopic (exact) mass is 244 g/mol. The Bertz CT molecular complexity index is 414. The van der Waals surface area contributed by atoms with Gasteiger partial charge >= 0.3 is 0 Å². The van der Waals surface area contributed by atoms with E-state index in [1.54, 1.807) is 0 Å². The van der Waals surface area contributed by atoms with E-state index >= 15 is 0 Å². The second kappa shape index (κ2) is 4.58. The molecule has 2 rings (SSSR count). The fourth-order valence-corrected chi connectivity index (χ4v) is 2.19. The van der Waals surface area contributed by atoms with Crippen molar-refractivity contribution in [1.82, 2.24) is 0 Å². The van der Waals surface area contributed by atoms with Crippen LogP contribution in [0.4, 0.5) is 8.78 Å². The topological polar surface area (TPSA) is 38.7 Å². The molecule has 0 spiro atoms. The maximum Gasteiger partial charge on any atom is 0.165 e. The minimum absolute atomic E-state index is 0.0563. The van der Waals surface area contributed by atoms with E-state index in [2.05, 4.69) is 0 Å². The number of rotatable bonds is 2. The van der Waals surface area contributed by atoms with Gasteiger partial charge in [-0.15, -0.1) is 0 Å². The Morgan fingerprint density at radius 2 is 1.94 bits per heavy atom. The summed E-state index contributed by atoms with van der Waals surface area (Å²) < 4.78 is 37.6. The molecule has 1 N–H and O–H groups in total. The van der Waals surface area contributed by atoms with Crippen LogP contribution < -0.4 is 0 Å². The number of halogens is 2. The molecule has 0 amide bonds. The van der Waals surface area contributed by atoms with Gasteiger partial charge in [-0.2, -0.15) is 0 Å². The molecule has 1 fully saturated rings. The molecule has 0 bridgehead atoms. The zero-order valence-electron chi connectivity index (χ0n) is 9.50. The fraction of sp³-hybridized carbons (Fsp3) is 0.500. The van der Waals surface area contributed by atoms with Crippen molar-refractivity contribution in [2.45, 2.75) is 18.4 Å². The van der Waals surface area contributed by atoms with Crippen LogP contribution in [-0.4, -0.2) is 25.4 Å². The Morgan fingerprint density at radius 3 is 2.53 bits per heavy atom. The minimum Gasteiger partial charge on any atom is -0.508 e. The largest absolute Gasteiger partial charge is 0.508 e. The highest BCUT2D eigenvalue weighted by molar-refractivity contribution is 5.34. The minimum atomic E-state index is -1.07. The van der Waals surface area contributed by atoms with E-state index in [-0.39, 0.29) is 11.3 Å². The van der Waals surface area contributed by atoms with Crippen LogP contribution in [0.25, 0.3) is 0 Å². The van der Waals surface area contributed by atoms with Gasteiger partial charge in [-0.3, -0.25) is 0 Å². The third-order valence-corrected chi connectivity index (χ3v) is 3.20. The Kier molecular flexibility index (Phi) is 3.31. The van der Waals surface area contributed by atoms with Crippen molar-refractivity contribution in [3.8, 4) is 5.75 Å². The van der Waals surface area contributed by atoms with Crippen molar-refractivity contribution in [2.75, 3.05) is 20.3 Å². The normalized spacial score (nSPS) is 19.2. The molecule has 5 heteroatoms. The van der Waals surface area contributed by atoms with E-state index in [1.165, 1.54) is 13.2 Å². The molecule has 1 aromatic rings. The van der Waals surface area contributed by atoms with Crippen molar-refractivity contribution in [3.05, 3.63) is 29.3 Å². The summed E-state index contributed by atoms with van der Waals surface area (Å²) in [6, 6.07) is 1.97. The Balaban J connectivity index is 2.49. The standard InChI is InChI=1S/C12H14F2O3/c1-16-12(2-4-17-5-3-12)9-6-8(15)7-10(13)11(9)14/h6-7,15H,2-5H2,1H3. The smallest absolute Gasteiger partial charge is 0.165 e. The van der Waals surface area contributed by atoms with Gasteiger partial charge in [-0.05, 0) is 6.07 Å². The van der Waals surface area contributed by atoms with Crippen LogP contribution in [0.1, 0.15) is 18.4 Å². The van der Waals surface area contributed by atoms with Gasteiger partial charge in [-0.1, -0.05) is 0 Å². The Labute approximate surface area is 98.0 Å². The number of aromatic hydroxyl groups is 1. The molecule has 3 nitrogen and oxygen atoms in total. The average Bonchev–Trinajstić information content (AvgIpc) is 2.34. The summed E-state index contributed by atoms with van der Waals surface area (Å²) in [5.41, 5.74) is -0.858. The summed E-state index contributed by atoms with van der Waals surface area (Å²) >= 11 is 0. The van der Waals surface area contributed by atoms with Crippen molar-refractivity contribution >= 4 is 0 Å². The molecule has 0 aromatic heterocycles. The van der Waals surface area contributed by atoms with Crippen LogP contribution in [0.15, 0.2) is 12.1 Å². The fourth-order valence-electron chi connectivity index (χ4n) is 2.19. The molecule has 0 atom stereocenters. The van der Waals surface area contributed by atoms with Crippen LogP contribution in [0.5, 0.6) is 5.75 Å². The molecule has 1 saturated heterocycles. The zero-order valence-corrected chi connectivity index (χ0v) is 9.50. The van der Waals surface area contributed by atoms with E-state index in [4.69, 9.17) is 9.47 Å². The molecule has 0 unspecified atom stereocenters. The number of phenols is 1. The third kappa shape index (κ3) is 2.12. The van der Waals surface area contributed by atoms with Gasteiger partial charge in [-0.25, -0.2) is 8.78 Å². The summed E-state index contributed by atoms with van der Waals surface area (Å²) in [6.45, 7) is 0.842. The predicted molar refractivity (Wildman–Crippen MR) is 56.8 cm³/mol. The second-order valence-corrected chi connectivity index (χ2v) is 4.10. The van der Waals surface area contributed by atoms with Gasteiger partial charge in [0.2, 0.25) is 0 Å². The molecule has 0 aliphatic carbocycles. The molecule has 1 aliphatic rings. The first-order valence-corrected chi connectivity index (χ1v) is 5.40. The lowest BCUT2D eigenvalue weighted by Crippen LogP contribution is -2.36. The van der Waals surface area contributed by atoms with Gasteiger partial charge in [0.15, 0.2) is 11.6 Å². The van der Waals surface area contributed by atoms with Crippen molar-refractivity contribution in [1.29, 1.82) is 0 Å². The van der Waals surface area contributed by atoms with Crippen LogP contribution in [0.2, 0.25) is 0 Å². The van der Waals surface area contributed by atoms with Crippen molar-refractivity contribution in [2.24, 2.45) is 0 Å². The summed E-state index contributed by atoms with van der Waals surface area (Å²) in [7, 11) is 1.45. The van der Waals surface area contributed by atoms with Gasteiger partial charge in [0.1, 0.15) is 11.4 Å². The summed E-state index contributed by atoms with van der Waals surface area (Å²) in [5, 5.41) is 9.37. The molecule has 1 aliphatic heterocycles. The number of ether oxygens (including phenoxy) is 2. The predicted octanol–water partition coefficient (Wildman–Crippen LogP) is 2.32. The number of methoxy groups -OCH3 is 1. The summed E-state index contributed by atoms with van der Waals surface area (Å²) in [5.74, 6) is -2.34. The molecule has 1 heterocycles. The first-order chi connectivity index (χ1) is 8.09. The summed E-state index contributed by atoms with van der Waals surface area (Å²) in [6.07, 6.45) is 0.868. The Hall–Kier alpha value is -1.20. The number of phenolic OH excluding ortho intramolecular Hbond substituents is 1. The molecule has 0 saturated carbocycles. The van der Waals surface area contributed by atoms with Gasteiger partial charge in [0.05, 0.1) is 0 Å². The highest BCUT2D eigenvalue weighted by Gasteiger charge is 2.38. The lowest BCUT2D eigenvalue weighted by atomic mass is 9.85. The van der Waals surface area contributed by atoms with Crippen molar-refractivity contribution < 1.29 is 23.4 Å². The first kappa shape index (κ1) is 12.3. The zero-order chi connectivity index (χ0) is 12.5. The number of hydrogen-bond donors (Lipinski definition) is 1.